The van der Waals surface area contributed by atoms with Gasteiger partial charge in [-0.3, -0.25) is 9.59 Å². The number of anilines is 1. The molecular formula is C26H25FN2O3. The monoisotopic (exact) mass is 432 g/mol. The van der Waals surface area contributed by atoms with Crippen molar-refractivity contribution in [3.8, 4) is 5.75 Å². The lowest BCUT2D eigenvalue weighted by Gasteiger charge is -2.23. The second-order valence-corrected chi connectivity index (χ2v) is 8.00. The zero-order chi connectivity index (χ0) is 22.7. The van der Waals surface area contributed by atoms with E-state index in [1.807, 2.05) is 30.0 Å². The van der Waals surface area contributed by atoms with Crippen LogP contribution in [-0.4, -0.2) is 25.0 Å². The summed E-state index contributed by atoms with van der Waals surface area (Å²) in [5.74, 6) is 0.179. The smallest absolute Gasteiger partial charge is 0.258 e. The van der Waals surface area contributed by atoms with Gasteiger partial charge in [0.1, 0.15) is 11.6 Å². The van der Waals surface area contributed by atoms with E-state index in [0.29, 0.717) is 17.9 Å². The number of carbonyl (C=O) groups is 2. The Labute approximate surface area is 186 Å². The van der Waals surface area contributed by atoms with Crippen molar-refractivity contribution in [3.63, 3.8) is 0 Å². The predicted molar refractivity (Wildman–Crippen MR) is 121 cm³/mol. The number of amides is 2. The van der Waals surface area contributed by atoms with Crippen LogP contribution in [0.4, 0.5) is 10.1 Å². The molecule has 0 bridgehead atoms. The SMILES string of the molecule is COc1ccc(C(=O)N2c3cc(CNC(=O)Cc4ccc(F)cc4)ccc3C[C@@H]2C)cc1. The van der Waals surface area contributed by atoms with Gasteiger partial charge in [0, 0.05) is 23.8 Å². The molecule has 2 amide bonds. The molecule has 1 aliphatic rings. The normalized spacial score (nSPS) is 14.7. The molecule has 0 saturated heterocycles. The van der Waals surface area contributed by atoms with Gasteiger partial charge in [-0.25, -0.2) is 4.39 Å². The quantitative estimate of drug-likeness (QED) is 0.632. The van der Waals surface area contributed by atoms with Gasteiger partial charge in [-0.05, 0) is 72.5 Å². The first kappa shape index (κ1) is 21.6. The zero-order valence-electron chi connectivity index (χ0n) is 18.1. The molecule has 0 radical (unpaired) electrons. The van der Waals surface area contributed by atoms with Crippen molar-refractivity contribution < 1.29 is 18.7 Å². The highest BCUT2D eigenvalue weighted by Crippen LogP contribution is 2.34. The second kappa shape index (κ2) is 9.22. The van der Waals surface area contributed by atoms with Gasteiger partial charge in [0.2, 0.25) is 5.91 Å². The van der Waals surface area contributed by atoms with Gasteiger partial charge < -0.3 is 15.0 Å². The van der Waals surface area contributed by atoms with Crippen LogP contribution in [-0.2, 0) is 24.2 Å². The molecule has 1 atom stereocenters. The fraction of sp³-hybridized carbons (Fsp3) is 0.231. The number of methoxy groups -OCH3 is 1. The van der Waals surface area contributed by atoms with Gasteiger partial charge in [-0.1, -0.05) is 24.3 Å². The lowest BCUT2D eigenvalue weighted by molar-refractivity contribution is -0.120. The zero-order valence-corrected chi connectivity index (χ0v) is 18.1. The number of nitrogens with zero attached hydrogens (tertiary/aromatic N) is 1. The first-order valence-corrected chi connectivity index (χ1v) is 10.5. The van der Waals surface area contributed by atoms with Crippen LogP contribution in [0.3, 0.4) is 0 Å². The minimum Gasteiger partial charge on any atom is -0.497 e. The summed E-state index contributed by atoms with van der Waals surface area (Å²) in [5.41, 5.74) is 4.26. The van der Waals surface area contributed by atoms with E-state index >= 15 is 0 Å². The lowest BCUT2D eigenvalue weighted by Crippen LogP contribution is -2.35. The van der Waals surface area contributed by atoms with Crippen molar-refractivity contribution in [2.45, 2.75) is 32.4 Å². The molecule has 164 valence electrons. The molecule has 0 unspecified atom stereocenters. The van der Waals surface area contributed by atoms with Crippen LogP contribution in [0.5, 0.6) is 5.75 Å². The summed E-state index contributed by atoms with van der Waals surface area (Å²) < 4.78 is 18.2. The molecule has 6 heteroatoms. The summed E-state index contributed by atoms with van der Waals surface area (Å²) in [6.45, 7) is 2.39. The van der Waals surface area contributed by atoms with Crippen molar-refractivity contribution in [1.82, 2.24) is 5.32 Å². The third kappa shape index (κ3) is 4.64. The molecule has 0 spiro atoms. The van der Waals surface area contributed by atoms with Crippen LogP contribution in [0.25, 0.3) is 0 Å². The molecule has 0 fully saturated rings. The Hall–Kier alpha value is -3.67. The van der Waals surface area contributed by atoms with Crippen LogP contribution in [0.2, 0.25) is 0 Å². The van der Waals surface area contributed by atoms with Crippen molar-refractivity contribution in [2.75, 3.05) is 12.0 Å². The van der Waals surface area contributed by atoms with E-state index in [1.165, 1.54) is 12.1 Å². The summed E-state index contributed by atoms with van der Waals surface area (Å²) in [7, 11) is 1.59. The second-order valence-electron chi connectivity index (χ2n) is 8.00. The van der Waals surface area contributed by atoms with Gasteiger partial charge >= 0.3 is 0 Å². The topological polar surface area (TPSA) is 58.6 Å². The Morgan fingerprint density at radius 1 is 1.03 bits per heavy atom. The van der Waals surface area contributed by atoms with E-state index in [1.54, 1.807) is 43.5 Å². The number of rotatable bonds is 6. The average molecular weight is 432 g/mol. The number of halogens is 1. The van der Waals surface area contributed by atoms with Crippen molar-refractivity contribution in [2.24, 2.45) is 0 Å². The van der Waals surface area contributed by atoms with E-state index in [4.69, 9.17) is 4.74 Å². The third-order valence-corrected chi connectivity index (χ3v) is 5.69. The maximum Gasteiger partial charge on any atom is 0.258 e. The van der Waals surface area contributed by atoms with Gasteiger partial charge in [-0.15, -0.1) is 0 Å². The highest BCUT2D eigenvalue weighted by Gasteiger charge is 2.31. The van der Waals surface area contributed by atoms with Gasteiger partial charge in [0.25, 0.3) is 5.91 Å². The molecule has 3 aromatic carbocycles. The molecule has 32 heavy (non-hydrogen) atoms. The molecule has 0 aliphatic carbocycles. The number of fused-ring (bicyclic) bond motifs is 1. The Bertz CT molecular complexity index is 1130. The standard InChI is InChI=1S/C26H25FN2O3/c1-17-13-21-6-3-19(16-28-25(30)15-18-4-9-22(27)10-5-18)14-24(21)29(17)26(31)20-7-11-23(32-2)12-8-20/h3-12,14,17H,13,15-16H2,1-2H3,(H,28,30)/t17-/m0/s1. The minimum atomic E-state index is -0.324. The largest absolute Gasteiger partial charge is 0.497 e. The van der Waals surface area contributed by atoms with Crippen LogP contribution in [0, 0.1) is 5.82 Å². The molecular weight excluding hydrogens is 407 g/mol. The summed E-state index contributed by atoms with van der Waals surface area (Å²) in [6.07, 6.45) is 0.971. The first-order chi connectivity index (χ1) is 15.4. The third-order valence-electron chi connectivity index (χ3n) is 5.69. The Morgan fingerprint density at radius 2 is 1.72 bits per heavy atom. The van der Waals surface area contributed by atoms with E-state index in [9.17, 15) is 14.0 Å². The van der Waals surface area contributed by atoms with Crippen LogP contribution >= 0.6 is 0 Å². The number of ether oxygens (including phenoxy) is 1. The highest BCUT2D eigenvalue weighted by molar-refractivity contribution is 6.07. The molecule has 0 saturated carbocycles. The molecule has 0 aromatic heterocycles. The summed E-state index contributed by atoms with van der Waals surface area (Å²) in [6, 6.07) is 19.0. The van der Waals surface area contributed by atoms with E-state index in [0.717, 1.165) is 28.8 Å². The summed E-state index contributed by atoms with van der Waals surface area (Å²) in [4.78, 5) is 27.3. The molecule has 1 aliphatic heterocycles. The molecule has 5 nitrogen and oxygen atoms in total. The Balaban J connectivity index is 1.45. The van der Waals surface area contributed by atoms with Gasteiger partial charge in [0.05, 0.1) is 13.5 Å². The number of hydrogen-bond acceptors (Lipinski definition) is 3. The number of nitrogens with one attached hydrogen (secondary N) is 1. The molecule has 1 N–H and O–H groups in total. The van der Waals surface area contributed by atoms with Crippen LogP contribution < -0.4 is 15.0 Å². The predicted octanol–water partition coefficient (Wildman–Crippen LogP) is 4.28. The minimum absolute atomic E-state index is 0.0444. The average Bonchev–Trinajstić information content (AvgIpc) is 3.13. The molecule has 3 aromatic rings. The van der Waals surface area contributed by atoms with E-state index < -0.39 is 0 Å². The molecule has 4 rings (SSSR count). The summed E-state index contributed by atoms with van der Waals surface area (Å²) in [5, 5.41) is 2.90. The number of carbonyl (C=O) groups excluding carboxylic acids is 2. The fourth-order valence-electron chi connectivity index (χ4n) is 4.00. The maximum absolute atomic E-state index is 13.2. The highest BCUT2D eigenvalue weighted by atomic mass is 19.1. The fourth-order valence-corrected chi connectivity index (χ4v) is 4.00. The first-order valence-electron chi connectivity index (χ1n) is 10.5. The summed E-state index contributed by atoms with van der Waals surface area (Å²) >= 11 is 0. The van der Waals surface area contributed by atoms with Crippen molar-refractivity contribution in [1.29, 1.82) is 0 Å². The lowest BCUT2D eigenvalue weighted by atomic mass is 10.1. The number of benzene rings is 3. The van der Waals surface area contributed by atoms with Crippen LogP contribution in [0.1, 0.15) is 34.0 Å². The van der Waals surface area contributed by atoms with Gasteiger partial charge in [0.15, 0.2) is 0 Å². The van der Waals surface area contributed by atoms with E-state index in [2.05, 4.69) is 5.32 Å². The number of hydrogen-bond donors (Lipinski definition) is 1. The van der Waals surface area contributed by atoms with Gasteiger partial charge in [-0.2, -0.15) is 0 Å². The van der Waals surface area contributed by atoms with Crippen molar-refractivity contribution >= 4 is 17.5 Å². The Morgan fingerprint density at radius 3 is 2.41 bits per heavy atom. The van der Waals surface area contributed by atoms with Crippen LogP contribution in [0.15, 0.2) is 66.7 Å². The maximum atomic E-state index is 13.2. The van der Waals surface area contributed by atoms with Crippen molar-refractivity contribution in [3.05, 3.63) is 94.8 Å². The Kier molecular flexibility index (Phi) is 6.21. The van der Waals surface area contributed by atoms with E-state index in [-0.39, 0.29) is 30.1 Å². The molecule has 1 heterocycles.